The number of carbonyl (C=O) groups is 1. The third-order valence-electron chi connectivity index (χ3n) is 4.44. The van der Waals surface area contributed by atoms with Crippen LogP contribution >= 0.6 is 0 Å². The van der Waals surface area contributed by atoms with Crippen LogP contribution in [0.5, 0.6) is 0 Å². The highest BCUT2D eigenvalue weighted by atomic mass is 32.2. The van der Waals surface area contributed by atoms with Crippen molar-refractivity contribution in [2.24, 2.45) is 0 Å². The summed E-state index contributed by atoms with van der Waals surface area (Å²) in [6.45, 7) is 0.577. The number of hydrogen-bond acceptors (Lipinski definition) is 4. The molecule has 1 fully saturated rings. The van der Waals surface area contributed by atoms with Gasteiger partial charge in [0.25, 0.3) is 0 Å². The van der Waals surface area contributed by atoms with Crippen LogP contribution in [0.3, 0.4) is 0 Å². The van der Waals surface area contributed by atoms with E-state index in [1.165, 1.54) is 9.21 Å². The largest absolute Gasteiger partial charge is 0.387 e. The maximum Gasteiger partial charge on any atom is 0.248 e. The summed E-state index contributed by atoms with van der Waals surface area (Å²) in [5.74, 6) is -0.401. The fourth-order valence-electron chi connectivity index (χ4n) is 3.26. The van der Waals surface area contributed by atoms with Gasteiger partial charge in [0.2, 0.25) is 15.9 Å². The molecule has 2 heterocycles. The number of benzene rings is 1. The second-order valence-electron chi connectivity index (χ2n) is 5.76. The number of nitrogens with zero attached hydrogens (tertiary/aromatic N) is 2. The monoisotopic (exact) mass is 324 g/mol. The average Bonchev–Trinajstić information content (AvgIpc) is 2.99. The zero-order chi connectivity index (χ0) is 15.7. The van der Waals surface area contributed by atoms with Crippen molar-refractivity contribution in [2.75, 3.05) is 30.5 Å². The van der Waals surface area contributed by atoms with Crippen molar-refractivity contribution in [1.82, 2.24) is 4.90 Å². The standard InChI is InChI=1S/C15H20N2O4S/c18-11-15(19)16-8-3-5-13(10-16)22(20,21)17-9-7-12-4-1-2-6-14(12)17/h1-2,4,6,13,18H,3,5,7-11H2/t13-/m0/s1. The zero-order valence-corrected chi connectivity index (χ0v) is 13.1. The Bertz CT molecular complexity index is 674. The summed E-state index contributed by atoms with van der Waals surface area (Å²) in [7, 11) is -3.49. The molecule has 2 aliphatic rings. The molecule has 1 aromatic carbocycles. The van der Waals surface area contributed by atoms with Gasteiger partial charge in [0.15, 0.2) is 0 Å². The van der Waals surface area contributed by atoms with E-state index in [4.69, 9.17) is 5.11 Å². The summed E-state index contributed by atoms with van der Waals surface area (Å²) < 4.78 is 27.4. The number of amides is 1. The number of aliphatic hydroxyl groups excluding tert-OH is 1. The van der Waals surface area contributed by atoms with Crippen LogP contribution in [0.15, 0.2) is 24.3 Å². The molecule has 22 heavy (non-hydrogen) atoms. The summed E-state index contributed by atoms with van der Waals surface area (Å²) in [5.41, 5.74) is 1.80. The smallest absolute Gasteiger partial charge is 0.248 e. The Kier molecular flexibility index (Phi) is 4.10. The summed E-state index contributed by atoms with van der Waals surface area (Å²) in [6.07, 6.45) is 1.92. The van der Waals surface area contributed by atoms with Crippen molar-refractivity contribution in [2.45, 2.75) is 24.5 Å². The molecule has 6 nitrogen and oxygen atoms in total. The first kappa shape index (κ1) is 15.3. The van der Waals surface area contributed by atoms with E-state index < -0.39 is 27.8 Å². The topological polar surface area (TPSA) is 77.9 Å². The Morgan fingerprint density at radius 3 is 2.82 bits per heavy atom. The summed E-state index contributed by atoms with van der Waals surface area (Å²) >= 11 is 0. The van der Waals surface area contributed by atoms with Crippen LogP contribution in [0.4, 0.5) is 5.69 Å². The van der Waals surface area contributed by atoms with E-state index in [0.717, 1.165) is 17.7 Å². The van der Waals surface area contributed by atoms with Crippen LogP contribution in [-0.2, 0) is 21.2 Å². The van der Waals surface area contributed by atoms with Gasteiger partial charge < -0.3 is 10.0 Å². The van der Waals surface area contributed by atoms with Crippen LogP contribution in [0.1, 0.15) is 18.4 Å². The first-order valence-corrected chi connectivity index (χ1v) is 9.02. The van der Waals surface area contributed by atoms with E-state index in [2.05, 4.69) is 0 Å². The molecule has 1 atom stereocenters. The van der Waals surface area contributed by atoms with Gasteiger partial charge in [-0.25, -0.2) is 8.42 Å². The van der Waals surface area contributed by atoms with Crippen molar-refractivity contribution in [1.29, 1.82) is 0 Å². The van der Waals surface area contributed by atoms with Gasteiger partial charge >= 0.3 is 0 Å². The molecule has 1 aromatic rings. The molecular formula is C15H20N2O4S. The molecule has 0 bridgehead atoms. The highest BCUT2D eigenvalue weighted by molar-refractivity contribution is 7.93. The number of sulfonamides is 1. The lowest BCUT2D eigenvalue weighted by Crippen LogP contribution is -2.50. The molecule has 1 N–H and O–H groups in total. The minimum Gasteiger partial charge on any atom is -0.387 e. The lowest BCUT2D eigenvalue weighted by Gasteiger charge is -2.34. The SMILES string of the molecule is O=C(CO)N1CCC[C@H](S(=O)(=O)N2CCc3ccccc32)C1. The number of piperidine rings is 1. The van der Waals surface area contributed by atoms with Crippen LogP contribution in [0, 0.1) is 0 Å². The van der Waals surface area contributed by atoms with Crippen molar-refractivity contribution in [3.05, 3.63) is 29.8 Å². The molecule has 120 valence electrons. The highest BCUT2D eigenvalue weighted by Crippen LogP contribution is 2.33. The normalized spacial score (nSPS) is 21.8. The van der Waals surface area contributed by atoms with Crippen molar-refractivity contribution >= 4 is 21.6 Å². The summed E-state index contributed by atoms with van der Waals surface area (Å²) in [4.78, 5) is 13.1. The number of rotatable bonds is 3. The fraction of sp³-hybridized carbons (Fsp3) is 0.533. The van der Waals surface area contributed by atoms with E-state index in [9.17, 15) is 13.2 Å². The van der Waals surface area contributed by atoms with Crippen molar-refractivity contribution < 1.29 is 18.3 Å². The average molecular weight is 324 g/mol. The van der Waals surface area contributed by atoms with Crippen LogP contribution < -0.4 is 4.31 Å². The van der Waals surface area contributed by atoms with Crippen LogP contribution in [0.25, 0.3) is 0 Å². The van der Waals surface area contributed by atoms with E-state index in [1.807, 2.05) is 24.3 Å². The second kappa shape index (κ2) is 5.89. The number of likely N-dealkylation sites (tertiary alicyclic amines) is 1. The second-order valence-corrected chi connectivity index (χ2v) is 7.90. The fourth-order valence-corrected chi connectivity index (χ4v) is 5.25. The predicted molar refractivity (Wildman–Crippen MR) is 83.1 cm³/mol. The third kappa shape index (κ3) is 2.59. The van der Waals surface area contributed by atoms with E-state index in [0.29, 0.717) is 25.9 Å². The summed E-state index contributed by atoms with van der Waals surface area (Å²) in [5, 5.41) is 8.37. The Hall–Kier alpha value is -1.60. The number of hydrogen-bond donors (Lipinski definition) is 1. The molecule has 0 radical (unpaired) electrons. The molecule has 2 aliphatic heterocycles. The maximum atomic E-state index is 12.9. The van der Waals surface area contributed by atoms with Gasteiger partial charge in [-0.1, -0.05) is 18.2 Å². The first-order chi connectivity index (χ1) is 10.5. The van der Waals surface area contributed by atoms with Gasteiger partial charge in [-0.05, 0) is 30.9 Å². The minimum atomic E-state index is -3.49. The van der Waals surface area contributed by atoms with Crippen LogP contribution in [-0.4, -0.2) is 55.8 Å². The molecule has 7 heteroatoms. The predicted octanol–water partition coefficient (Wildman–Crippen LogP) is 0.362. The van der Waals surface area contributed by atoms with Gasteiger partial charge in [-0.2, -0.15) is 0 Å². The lowest BCUT2D eigenvalue weighted by atomic mass is 10.1. The molecule has 0 unspecified atom stereocenters. The van der Waals surface area contributed by atoms with Crippen molar-refractivity contribution in [3.8, 4) is 0 Å². The highest BCUT2D eigenvalue weighted by Gasteiger charge is 2.38. The molecule has 3 rings (SSSR count). The molecule has 0 aliphatic carbocycles. The number of anilines is 1. The molecular weight excluding hydrogens is 304 g/mol. The molecule has 1 amide bonds. The van der Waals surface area contributed by atoms with Gasteiger partial charge in [-0.3, -0.25) is 9.10 Å². The minimum absolute atomic E-state index is 0.167. The molecule has 0 saturated carbocycles. The first-order valence-electron chi connectivity index (χ1n) is 7.52. The van der Waals surface area contributed by atoms with Crippen molar-refractivity contribution in [3.63, 3.8) is 0 Å². The van der Waals surface area contributed by atoms with Gasteiger partial charge in [0.1, 0.15) is 6.61 Å². The number of aliphatic hydroxyl groups is 1. The Balaban J connectivity index is 1.83. The molecule has 0 spiro atoms. The van der Waals surface area contributed by atoms with Gasteiger partial charge in [-0.15, -0.1) is 0 Å². The van der Waals surface area contributed by atoms with E-state index >= 15 is 0 Å². The quantitative estimate of drug-likeness (QED) is 0.871. The Labute approximate surface area is 130 Å². The van der Waals surface area contributed by atoms with Crippen LogP contribution in [0.2, 0.25) is 0 Å². The Morgan fingerprint density at radius 1 is 1.27 bits per heavy atom. The van der Waals surface area contributed by atoms with E-state index in [1.54, 1.807) is 0 Å². The number of carbonyl (C=O) groups excluding carboxylic acids is 1. The van der Waals surface area contributed by atoms with E-state index in [-0.39, 0.29) is 6.54 Å². The molecule has 0 aromatic heterocycles. The zero-order valence-electron chi connectivity index (χ0n) is 12.3. The lowest BCUT2D eigenvalue weighted by molar-refractivity contribution is -0.134. The van der Waals surface area contributed by atoms with Gasteiger partial charge in [0.05, 0.1) is 10.9 Å². The number of para-hydroxylation sites is 1. The maximum absolute atomic E-state index is 12.9. The third-order valence-corrected chi connectivity index (χ3v) is 6.66. The number of fused-ring (bicyclic) bond motifs is 1. The van der Waals surface area contributed by atoms with Gasteiger partial charge in [0, 0.05) is 19.6 Å². The Morgan fingerprint density at radius 2 is 2.05 bits per heavy atom. The molecule has 1 saturated heterocycles. The summed E-state index contributed by atoms with van der Waals surface area (Å²) in [6, 6.07) is 7.54.